The zero-order chi connectivity index (χ0) is 9.84. The molecule has 0 aromatic carbocycles. The maximum atomic E-state index is 9.25. The fourth-order valence-corrected chi connectivity index (χ4v) is 2.02. The minimum Gasteiger partial charge on any atom is -0.394 e. The van der Waals surface area contributed by atoms with Crippen LogP contribution in [0.5, 0.6) is 0 Å². The Labute approximate surface area is 79.3 Å². The maximum absolute atomic E-state index is 9.25. The lowest BCUT2D eigenvalue weighted by Crippen LogP contribution is -2.49. The van der Waals surface area contributed by atoms with Crippen molar-refractivity contribution in [1.82, 2.24) is 4.90 Å². The van der Waals surface area contributed by atoms with Crippen LogP contribution in [0.4, 0.5) is 0 Å². The fourth-order valence-electron chi connectivity index (χ4n) is 2.02. The van der Waals surface area contributed by atoms with E-state index in [0.717, 1.165) is 19.5 Å². The normalized spacial score (nSPS) is 33.2. The number of hydrogen-bond acceptors (Lipinski definition) is 4. The van der Waals surface area contributed by atoms with Crippen molar-refractivity contribution in [3.63, 3.8) is 0 Å². The van der Waals surface area contributed by atoms with Crippen molar-refractivity contribution in [3.8, 4) is 0 Å². The van der Waals surface area contributed by atoms with Crippen molar-refractivity contribution in [2.24, 2.45) is 11.7 Å². The Bertz CT molecular complexity index is 145. The third kappa shape index (κ3) is 3.60. The summed E-state index contributed by atoms with van der Waals surface area (Å²) in [5.41, 5.74) is 5.85. The van der Waals surface area contributed by atoms with Gasteiger partial charge in [-0.3, -0.25) is 4.90 Å². The summed E-state index contributed by atoms with van der Waals surface area (Å²) in [4.78, 5) is 2.12. The average Bonchev–Trinajstić information content (AvgIpc) is 2.02. The maximum Gasteiger partial charge on any atom is 0.0897 e. The highest BCUT2D eigenvalue weighted by atomic mass is 16.3. The number of aliphatic hydroxyl groups is 2. The van der Waals surface area contributed by atoms with Crippen LogP contribution in [-0.4, -0.2) is 53.5 Å². The zero-order valence-electron chi connectivity index (χ0n) is 8.19. The predicted octanol–water partition coefficient (Wildman–Crippen LogP) is -0.991. The molecule has 0 bridgehead atoms. The molecule has 0 spiro atoms. The van der Waals surface area contributed by atoms with E-state index in [2.05, 4.69) is 11.8 Å². The van der Waals surface area contributed by atoms with Crippen LogP contribution in [0.15, 0.2) is 0 Å². The van der Waals surface area contributed by atoms with E-state index in [1.54, 1.807) is 0 Å². The third-order valence-electron chi connectivity index (χ3n) is 2.45. The Morgan fingerprint density at radius 2 is 2.23 bits per heavy atom. The summed E-state index contributed by atoms with van der Waals surface area (Å²) in [6.45, 7) is 4.35. The molecule has 0 aromatic heterocycles. The van der Waals surface area contributed by atoms with Gasteiger partial charge in [-0.05, 0) is 12.3 Å². The van der Waals surface area contributed by atoms with Gasteiger partial charge in [0, 0.05) is 25.7 Å². The molecular weight excluding hydrogens is 168 g/mol. The van der Waals surface area contributed by atoms with E-state index in [1.165, 1.54) is 0 Å². The first-order valence-electron chi connectivity index (χ1n) is 4.88. The first-order chi connectivity index (χ1) is 6.11. The molecule has 0 radical (unpaired) electrons. The molecule has 4 N–H and O–H groups in total. The molecule has 1 aliphatic heterocycles. The van der Waals surface area contributed by atoms with E-state index in [9.17, 15) is 5.11 Å². The molecule has 3 unspecified atom stereocenters. The van der Waals surface area contributed by atoms with Crippen LogP contribution >= 0.6 is 0 Å². The lowest BCUT2D eigenvalue weighted by molar-refractivity contribution is 0.0426. The van der Waals surface area contributed by atoms with E-state index in [0.29, 0.717) is 12.5 Å². The zero-order valence-corrected chi connectivity index (χ0v) is 8.19. The summed E-state index contributed by atoms with van der Waals surface area (Å²) in [6, 6.07) is 0.217. The molecule has 3 atom stereocenters. The average molecular weight is 188 g/mol. The van der Waals surface area contributed by atoms with Crippen LogP contribution in [0, 0.1) is 5.92 Å². The Morgan fingerprint density at radius 1 is 1.54 bits per heavy atom. The molecule has 0 aromatic rings. The van der Waals surface area contributed by atoms with Gasteiger partial charge in [0.25, 0.3) is 0 Å². The van der Waals surface area contributed by atoms with Crippen LogP contribution in [0.3, 0.4) is 0 Å². The van der Waals surface area contributed by atoms with Crippen molar-refractivity contribution in [2.45, 2.75) is 25.5 Å². The highest BCUT2D eigenvalue weighted by Crippen LogP contribution is 2.14. The van der Waals surface area contributed by atoms with Gasteiger partial charge in [-0.25, -0.2) is 0 Å². The van der Waals surface area contributed by atoms with Crippen LogP contribution in [-0.2, 0) is 0 Å². The van der Waals surface area contributed by atoms with Crippen molar-refractivity contribution >= 4 is 0 Å². The van der Waals surface area contributed by atoms with Gasteiger partial charge in [0.15, 0.2) is 0 Å². The monoisotopic (exact) mass is 188 g/mol. The standard InChI is InChI=1S/C9H20N2O2/c1-7-2-8(10)4-11(3-7)5-9(13)6-12/h7-9,12-13H,2-6,10H2,1H3. The summed E-state index contributed by atoms with van der Waals surface area (Å²) in [5, 5.41) is 17.9. The summed E-state index contributed by atoms with van der Waals surface area (Å²) in [7, 11) is 0. The molecule has 0 amide bonds. The minimum absolute atomic E-state index is 0.167. The number of nitrogens with zero attached hydrogens (tertiary/aromatic N) is 1. The van der Waals surface area contributed by atoms with E-state index in [4.69, 9.17) is 10.8 Å². The molecule has 1 fully saturated rings. The molecule has 78 valence electrons. The molecule has 13 heavy (non-hydrogen) atoms. The van der Waals surface area contributed by atoms with E-state index >= 15 is 0 Å². The summed E-state index contributed by atoms with van der Waals surface area (Å²) in [6.07, 6.45) is 0.434. The molecule has 0 aliphatic carbocycles. The highest BCUT2D eigenvalue weighted by Gasteiger charge is 2.23. The highest BCUT2D eigenvalue weighted by molar-refractivity contribution is 4.80. The molecular formula is C9H20N2O2. The second-order valence-electron chi connectivity index (χ2n) is 4.16. The van der Waals surface area contributed by atoms with E-state index in [1.807, 2.05) is 0 Å². The summed E-state index contributed by atoms with van der Waals surface area (Å²) in [5.74, 6) is 0.592. The number of rotatable bonds is 3. The molecule has 0 saturated carbocycles. The lowest BCUT2D eigenvalue weighted by Gasteiger charge is -2.35. The van der Waals surface area contributed by atoms with Crippen molar-refractivity contribution in [1.29, 1.82) is 0 Å². The Balaban J connectivity index is 2.32. The molecule has 1 aliphatic rings. The Kier molecular flexibility index (Phi) is 4.12. The van der Waals surface area contributed by atoms with Gasteiger partial charge < -0.3 is 15.9 Å². The largest absolute Gasteiger partial charge is 0.394 e. The predicted molar refractivity (Wildman–Crippen MR) is 51.3 cm³/mol. The number of nitrogens with two attached hydrogens (primary N) is 1. The summed E-state index contributed by atoms with van der Waals surface area (Å²) >= 11 is 0. The quantitative estimate of drug-likeness (QED) is 0.532. The van der Waals surface area contributed by atoms with E-state index in [-0.39, 0.29) is 12.6 Å². The number of likely N-dealkylation sites (tertiary alicyclic amines) is 1. The van der Waals surface area contributed by atoms with E-state index < -0.39 is 6.10 Å². The van der Waals surface area contributed by atoms with Crippen LogP contribution in [0.1, 0.15) is 13.3 Å². The SMILES string of the molecule is CC1CC(N)CN(CC(O)CO)C1. The third-order valence-corrected chi connectivity index (χ3v) is 2.45. The Hall–Kier alpha value is -0.160. The number of aliphatic hydroxyl groups excluding tert-OH is 2. The fraction of sp³-hybridized carbons (Fsp3) is 1.00. The number of piperidine rings is 1. The molecule has 1 rings (SSSR count). The molecule has 1 heterocycles. The minimum atomic E-state index is -0.627. The van der Waals surface area contributed by atoms with Gasteiger partial charge in [-0.15, -0.1) is 0 Å². The molecule has 1 saturated heterocycles. The van der Waals surface area contributed by atoms with Crippen molar-refractivity contribution in [3.05, 3.63) is 0 Å². The first kappa shape index (κ1) is 10.9. The van der Waals surface area contributed by atoms with Crippen LogP contribution < -0.4 is 5.73 Å². The van der Waals surface area contributed by atoms with Crippen molar-refractivity contribution < 1.29 is 10.2 Å². The Morgan fingerprint density at radius 3 is 2.77 bits per heavy atom. The smallest absolute Gasteiger partial charge is 0.0897 e. The van der Waals surface area contributed by atoms with Gasteiger partial charge >= 0.3 is 0 Å². The first-order valence-corrected chi connectivity index (χ1v) is 4.88. The van der Waals surface area contributed by atoms with Crippen molar-refractivity contribution in [2.75, 3.05) is 26.2 Å². The van der Waals surface area contributed by atoms with Gasteiger partial charge in [0.1, 0.15) is 0 Å². The van der Waals surface area contributed by atoms with Gasteiger partial charge in [0.2, 0.25) is 0 Å². The summed E-state index contributed by atoms with van der Waals surface area (Å²) < 4.78 is 0. The van der Waals surface area contributed by atoms with Gasteiger partial charge in [-0.1, -0.05) is 6.92 Å². The molecule has 4 nitrogen and oxygen atoms in total. The lowest BCUT2D eigenvalue weighted by atomic mass is 9.96. The van der Waals surface area contributed by atoms with Gasteiger partial charge in [0.05, 0.1) is 12.7 Å². The second kappa shape index (κ2) is 4.91. The van der Waals surface area contributed by atoms with Crippen LogP contribution in [0.25, 0.3) is 0 Å². The van der Waals surface area contributed by atoms with Crippen LogP contribution in [0.2, 0.25) is 0 Å². The molecule has 4 heteroatoms. The topological polar surface area (TPSA) is 69.7 Å². The van der Waals surface area contributed by atoms with Gasteiger partial charge in [-0.2, -0.15) is 0 Å². The number of β-amino-alcohol motifs (C(OH)–C–C–N with tert-alkyl or cyclic N) is 1. The number of hydrogen-bond donors (Lipinski definition) is 3. The second-order valence-corrected chi connectivity index (χ2v) is 4.16.